The lowest BCUT2D eigenvalue weighted by atomic mass is 10.2. The normalized spacial score (nSPS) is 16.6. The zero-order valence-electron chi connectivity index (χ0n) is 16.8. The molecule has 160 valence electrons. The number of anilines is 1. The van der Waals surface area contributed by atoms with E-state index in [9.17, 15) is 9.59 Å². The number of aliphatic hydroxyl groups is 1. The summed E-state index contributed by atoms with van der Waals surface area (Å²) in [5.74, 6) is 0.168. The van der Waals surface area contributed by atoms with E-state index < -0.39 is 0 Å². The summed E-state index contributed by atoms with van der Waals surface area (Å²) < 4.78 is 7.18. The van der Waals surface area contributed by atoms with Crippen molar-refractivity contribution in [3.05, 3.63) is 45.2 Å². The van der Waals surface area contributed by atoms with E-state index in [4.69, 9.17) is 22.1 Å². The molecule has 0 bridgehead atoms. The fourth-order valence-corrected chi connectivity index (χ4v) is 4.39. The average molecular weight is 449 g/mol. The number of aliphatic hydroxyl groups excluding tert-OH is 1. The van der Waals surface area contributed by atoms with Gasteiger partial charge in [-0.3, -0.25) is 18.9 Å². The van der Waals surface area contributed by atoms with Crippen molar-refractivity contribution in [1.82, 2.24) is 14.3 Å². The number of ether oxygens (including phenoxy) is 1. The lowest BCUT2D eigenvalue weighted by molar-refractivity contribution is -0.123. The Bertz CT molecular complexity index is 1040. The molecule has 10 heteroatoms. The van der Waals surface area contributed by atoms with Crippen LogP contribution in [0.2, 0.25) is 0 Å². The Labute approximate surface area is 183 Å². The first-order valence-corrected chi connectivity index (χ1v) is 10.9. The fraction of sp³-hybridized carbons (Fsp3) is 0.400. The van der Waals surface area contributed by atoms with Crippen LogP contribution in [-0.2, 0) is 9.53 Å². The van der Waals surface area contributed by atoms with E-state index in [1.165, 1.54) is 16.2 Å². The van der Waals surface area contributed by atoms with Gasteiger partial charge < -0.3 is 15.2 Å². The number of amides is 1. The van der Waals surface area contributed by atoms with E-state index in [-0.39, 0.29) is 36.3 Å². The molecule has 1 saturated heterocycles. The van der Waals surface area contributed by atoms with Crippen molar-refractivity contribution in [1.29, 1.82) is 0 Å². The number of hydrogen-bond acceptors (Lipinski definition) is 8. The quantitative estimate of drug-likeness (QED) is 0.342. The highest BCUT2D eigenvalue weighted by Crippen LogP contribution is 2.34. The molecule has 1 atom stereocenters. The van der Waals surface area contributed by atoms with Gasteiger partial charge in [0.05, 0.1) is 30.3 Å². The van der Waals surface area contributed by atoms with E-state index in [1.54, 1.807) is 35.4 Å². The van der Waals surface area contributed by atoms with Crippen molar-refractivity contribution in [3.8, 4) is 0 Å². The van der Waals surface area contributed by atoms with Crippen LogP contribution >= 0.6 is 24.0 Å². The Balaban J connectivity index is 1.99. The fourth-order valence-electron chi connectivity index (χ4n) is 2.95. The molecule has 1 aliphatic rings. The molecule has 2 aromatic heterocycles. The predicted molar refractivity (Wildman–Crippen MR) is 123 cm³/mol. The van der Waals surface area contributed by atoms with E-state index >= 15 is 0 Å². The number of hydrogen-bond donors (Lipinski definition) is 2. The third-order valence-corrected chi connectivity index (χ3v) is 6.00. The number of pyridine rings is 1. The molecule has 30 heavy (non-hydrogen) atoms. The summed E-state index contributed by atoms with van der Waals surface area (Å²) in [4.78, 5) is 32.6. The first-order chi connectivity index (χ1) is 14.5. The number of thioether (sulfide) groups is 1. The minimum absolute atomic E-state index is 0.0134. The summed E-state index contributed by atoms with van der Waals surface area (Å²) in [6, 6.07) is 5.27. The maximum atomic E-state index is 13.1. The van der Waals surface area contributed by atoms with Gasteiger partial charge >= 0.3 is 0 Å². The van der Waals surface area contributed by atoms with Gasteiger partial charge in [0.25, 0.3) is 11.5 Å². The summed E-state index contributed by atoms with van der Waals surface area (Å²) in [5.41, 5.74) is 0.490. The summed E-state index contributed by atoms with van der Waals surface area (Å²) >= 11 is 6.57. The van der Waals surface area contributed by atoms with Crippen molar-refractivity contribution < 1.29 is 14.6 Å². The van der Waals surface area contributed by atoms with Gasteiger partial charge in [0.15, 0.2) is 0 Å². The summed E-state index contributed by atoms with van der Waals surface area (Å²) in [6.45, 7) is 4.85. The van der Waals surface area contributed by atoms with Gasteiger partial charge in [0.1, 0.15) is 15.8 Å². The van der Waals surface area contributed by atoms with Crippen molar-refractivity contribution in [3.63, 3.8) is 0 Å². The van der Waals surface area contributed by atoms with E-state index in [2.05, 4.69) is 10.3 Å². The Morgan fingerprint density at radius 3 is 2.90 bits per heavy atom. The SMILES string of the molecule is CCC(C)N1C(=O)C(=Cc2c(NCCOCCO)nc3ccccn3c2=O)SC1=S. The van der Waals surface area contributed by atoms with Crippen LogP contribution in [0.1, 0.15) is 25.8 Å². The second-order valence-corrected chi connectivity index (χ2v) is 8.36. The molecule has 0 spiro atoms. The number of fused-ring (bicyclic) bond motifs is 1. The number of carbonyl (C=O) groups is 1. The monoisotopic (exact) mass is 448 g/mol. The molecule has 1 fully saturated rings. The molecule has 1 amide bonds. The van der Waals surface area contributed by atoms with Crippen molar-refractivity contribution in [2.24, 2.45) is 0 Å². The molecule has 1 aliphatic heterocycles. The number of nitrogens with one attached hydrogen (secondary N) is 1. The first-order valence-electron chi connectivity index (χ1n) is 9.68. The number of rotatable bonds is 9. The number of nitrogens with zero attached hydrogens (tertiary/aromatic N) is 3. The Hall–Kier alpha value is -2.27. The third-order valence-electron chi connectivity index (χ3n) is 4.67. The summed E-state index contributed by atoms with van der Waals surface area (Å²) in [6.07, 6.45) is 3.98. The molecule has 2 aromatic rings. The van der Waals surface area contributed by atoms with Crippen molar-refractivity contribution >= 4 is 51.7 Å². The molecule has 0 saturated carbocycles. The molecular weight excluding hydrogens is 424 g/mol. The average Bonchev–Trinajstić information content (AvgIpc) is 3.02. The highest BCUT2D eigenvalue weighted by atomic mass is 32.2. The van der Waals surface area contributed by atoms with Crippen LogP contribution in [0.25, 0.3) is 11.7 Å². The van der Waals surface area contributed by atoms with E-state index in [0.717, 1.165) is 6.42 Å². The molecular formula is C20H24N4O4S2. The lowest BCUT2D eigenvalue weighted by Gasteiger charge is -2.21. The van der Waals surface area contributed by atoms with Crippen LogP contribution in [0.3, 0.4) is 0 Å². The minimum atomic E-state index is -0.284. The molecule has 0 aromatic carbocycles. The number of thiocarbonyl (C=S) groups is 1. The Morgan fingerprint density at radius 1 is 1.37 bits per heavy atom. The zero-order chi connectivity index (χ0) is 21.7. The van der Waals surface area contributed by atoms with Gasteiger partial charge in [-0.25, -0.2) is 4.98 Å². The predicted octanol–water partition coefficient (Wildman–Crippen LogP) is 2.12. The second-order valence-electron chi connectivity index (χ2n) is 6.68. The van der Waals surface area contributed by atoms with Crippen LogP contribution < -0.4 is 10.9 Å². The maximum absolute atomic E-state index is 13.1. The highest BCUT2D eigenvalue weighted by Gasteiger charge is 2.35. The van der Waals surface area contributed by atoms with Gasteiger partial charge in [-0.05, 0) is 31.6 Å². The lowest BCUT2D eigenvalue weighted by Crippen LogP contribution is -2.36. The van der Waals surface area contributed by atoms with Crippen LogP contribution in [-0.4, -0.2) is 62.0 Å². The molecule has 8 nitrogen and oxygen atoms in total. The van der Waals surface area contributed by atoms with Crippen molar-refractivity contribution in [2.45, 2.75) is 26.3 Å². The minimum Gasteiger partial charge on any atom is -0.394 e. The molecule has 2 N–H and O–H groups in total. The van der Waals surface area contributed by atoms with Crippen molar-refractivity contribution in [2.75, 3.05) is 31.7 Å². The smallest absolute Gasteiger partial charge is 0.267 e. The Morgan fingerprint density at radius 2 is 2.17 bits per heavy atom. The van der Waals surface area contributed by atoms with Gasteiger partial charge in [-0.2, -0.15) is 0 Å². The largest absolute Gasteiger partial charge is 0.394 e. The van der Waals surface area contributed by atoms with Crippen LogP contribution in [0.5, 0.6) is 0 Å². The molecule has 0 aliphatic carbocycles. The third kappa shape index (κ3) is 4.72. The van der Waals surface area contributed by atoms with Crippen LogP contribution in [0.15, 0.2) is 34.1 Å². The molecule has 3 heterocycles. The van der Waals surface area contributed by atoms with Gasteiger partial charge in [-0.1, -0.05) is 37.0 Å². The molecule has 0 radical (unpaired) electrons. The van der Waals surface area contributed by atoms with E-state index in [0.29, 0.717) is 33.8 Å². The topological polar surface area (TPSA) is 96.2 Å². The van der Waals surface area contributed by atoms with E-state index in [1.807, 2.05) is 13.8 Å². The standard InChI is InChI=1S/C20H24N4O4S2/c1-3-13(2)24-19(27)15(30-20(24)29)12-14-17(21-7-10-28-11-9-25)22-16-6-4-5-8-23(16)18(14)26/h4-6,8,12-13,21,25H,3,7,9-11H2,1-2H3. The Kier molecular flexibility index (Phi) is 7.59. The number of aromatic nitrogens is 2. The van der Waals surface area contributed by atoms with Gasteiger partial charge in [0.2, 0.25) is 0 Å². The molecule has 1 unspecified atom stereocenters. The molecule has 3 rings (SSSR count). The van der Waals surface area contributed by atoms with Crippen LogP contribution in [0, 0.1) is 0 Å². The highest BCUT2D eigenvalue weighted by molar-refractivity contribution is 8.26. The van der Waals surface area contributed by atoms with Crippen LogP contribution in [0.4, 0.5) is 5.82 Å². The zero-order valence-corrected chi connectivity index (χ0v) is 18.5. The maximum Gasteiger partial charge on any atom is 0.267 e. The summed E-state index contributed by atoms with van der Waals surface area (Å²) in [5, 5.41) is 11.9. The first kappa shape index (κ1) is 22.4. The second kappa shape index (κ2) is 10.2. The van der Waals surface area contributed by atoms with Gasteiger partial charge in [0, 0.05) is 18.8 Å². The van der Waals surface area contributed by atoms with Gasteiger partial charge in [-0.15, -0.1) is 0 Å². The summed E-state index contributed by atoms with van der Waals surface area (Å²) in [7, 11) is 0. The number of carbonyl (C=O) groups excluding carboxylic acids is 1.